The Morgan fingerprint density at radius 3 is 2.59 bits per heavy atom. The Kier molecular flexibility index (Phi) is 7.12. The number of fused-ring (bicyclic) bond motifs is 1. The van der Waals surface area contributed by atoms with Crippen molar-refractivity contribution in [2.45, 2.75) is 25.4 Å². The van der Waals surface area contributed by atoms with Crippen molar-refractivity contribution in [1.82, 2.24) is 5.32 Å². The van der Waals surface area contributed by atoms with Crippen molar-refractivity contribution < 1.29 is 22.7 Å². The summed E-state index contributed by atoms with van der Waals surface area (Å²) in [4.78, 5) is 24.8. The number of carbonyl (C=O) groups excluding carboxylic acids is 2. The van der Waals surface area contributed by atoms with Gasteiger partial charge in [-0.1, -0.05) is 29.8 Å². The number of carbonyl (C=O) groups is 2. The number of hydrogen-bond acceptors (Lipinski definition) is 5. The van der Waals surface area contributed by atoms with Crippen molar-refractivity contribution in [2.75, 3.05) is 36.1 Å². The minimum atomic E-state index is -3.44. The van der Waals surface area contributed by atoms with E-state index < -0.39 is 27.4 Å². The van der Waals surface area contributed by atoms with Crippen LogP contribution in [0.4, 0.5) is 11.4 Å². The third-order valence-electron chi connectivity index (χ3n) is 5.50. The lowest BCUT2D eigenvalue weighted by molar-refractivity contribution is -0.137. The fourth-order valence-corrected chi connectivity index (χ4v) is 4.77. The summed E-state index contributed by atoms with van der Waals surface area (Å²) in [6.07, 6.45) is 2.61. The highest BCUT2D eigenvalue weighted by molar-refractivity contribution is 7.92. The highest BCUT2D eigenvalue weighted by Crippen LogP contribution is 2.31. The summed E-state index contributed by atoms with van der Waals surface area (Å²) in [5.74, 6) is -1.70. The first-order chi connectivity index (χ1) is 15.0. The van der Waals surface area contributed by atoms with Gasteiger partial charge in [0.05, 0.1) is 18.5 Å². The first kappa shape index (κ1) is 24.0. The molecule has 1 aliphatic heterocycles. The second kappa shape index (κ2) is 9.48. The first-order valence-corrected chi connectivity index (χ1v) is 12.3. The van der Waals surface area contributed by atoms with E-state index in [1.807, 2.05) is 6.07 Å². The van der Waals surface area contributed by atoms with E-state index in [9.17, 15) is 18.0 Å². The molecule has 0 saturated heterocycles. The van der Waals surface area contributed by atoms with Crippen molar-refractivity contribution in [3.05, 3.63) is 58.6 Å². The lowest BCUT2D eigenvalue weighted by Gasteiger charge is -2.30. The third-order valence-corrected chi connectivity index (χ3v) is 6.91. The molecule has 1 atom stereocenters. The van der Waals surface area contributed by atoms with Crippen LogP contribution < -0.4 is 14.9 Å². The van der Waals surface area contributed by atoms with Gasteiger partial charge in [0.1, 0.15) is 5.60 Å². The lowest BCUT2D eigenvalue weighted by Crippen LogP contribution is -2.44. The average molecular weight is 480 g/mol. The summed E-state index contributed by atoms with van der Waals surface area (Å²) in [5.41, 5.74) is 1.60. The topological polar surface area (TPSA) is 105 Å². The number of nitrogens with one attached hydrogen (secondary N) is 2. The van der Waals surface area contributed by atoms with Crippen LogP contribution in [0.15, 0.2) is 42.5 Å². The number of anilines is 2. The van der Waals surface area contributed by atoms with Gasteiger partial charge in [0.15, 0.2) is 0 Å². The predicted octanol–water partition coefficient (Wildman–Crippen LogP) is 2.67. The Hall–Kier alpha value is -2.62. The molecule has 2 aromatic rings. The highest BCUT2D eigenvalue weighted by atomic mass is 35.5. The number of ether oxygens (including phenoxy) is 1. The van der Waals surface area contributed by atoms with Gasteiger partial charge in [-0.15, -0.1) is 0 Å². The summed E-state index contributed by atoms with van der Waals surface area (Å²) in [6.45, 7) is 2.20. The van der Waals surface area contributed by atoms with Crippen LogP contribution in [0, 0.1) is 0 Å². The second-order valence-corrected chi connectivity index (χ2v) is 10.2. The molecule has 2 amide bonds. The molecule has 0 saturated carbocycles. The van der Waals surface area contributed by atoms with E-state index in [-0.39, 0.29) is 6.54 Å². The highest BCUT2D eigenvalue weighted by Gasteiger charge is 2.29. The quantitative estimate of drug-likeness (QED) is 0.620. The van der Waals surface area contributed by atoms with Crippen LogP contribution in [0.2, 0.25) is 5.02 Å². The van der Waals surface area contributed by atoms with Crippen molar-refractivity contribution in [3.8, 4) is 0 Å². The van der Waals surface area contributed by atoms with Crippen molar-refractivity contribution in [1.29, 1.82) is 0 Å². The van der Waals surface area contributed by atoms with Crippen LogP contribution in [-0.2, 0) is 36.4 Å². The van der Waals surface area contributed by atoms with Gasteiger partial charge in [0.25, 0.3) is 0 Å². The maximum Gasteiger partial charge on any atom is 0.313 e. The van der Waals surface area contributed by atoms with Gasteiger partial charge >= 0.3 is 11.8 Å². The van der Waals surface area contributed by atoms with Crippen molar-refractivity contribution in [3.63, 3.8) is 0 Å². The molecule has 172 valence electrons. The number of halogens is 1. The van der Waals surface area contributed by atoms with Crippen LogP contribution in [0.3, 0.4) is 0 Å². The molecular weight excluding hydrogens is 454 g/mol. The average Bonchev–Trinajstić information content (AvgIpc) is 2.76. The molecule has 0 fully saturated rings. The van der Waals surface area contributed by atoms with Gasteiger partial charge in [0.2, 0.25) is 10.0 Å². The van der Waals surface area contributed by atoms with Gasteiger partial charge in [0, 0.05) is 24.4 Å². The van der Waals surface area contributed by atoms with E-state index in [0.717, 1.165) is 30.2 Å². The predicted molar refractivity (Wildman–Crippen MR) is 124 cm³/mol. The molecule has 3 rings (SSSR count). The van der Waals surface area contributed by atoms with Gasteiger partial charge < -0.3 is 15.4 Å². The SMILES string of the molecule is COC(C)(CNC(=O)C(=O)Nc1ccc2c(c1)N(S(C)(=O)=O)CCC2)c1cccc(Cl)c1. The zero-order chi connectivity index (χ0) is 23.5. The van der Waals surface area contributed by atoms with Crippen LogP contribution in [0.25, 0.3) is 0 Å². The molecular formula is C22H26ClN3O5S. The first-order valence-electron chi connectivity index (χ1n) is 10.0. The maximum absolute atomic E-state index is 12.4. The third kappa shape index (κ3) is 5.40. The van der Waals surface area contributed by atoms with Crippen LogP contribution in [0.1, 0.15) is 24.5 Å². The van der Waals surface area contributed by atoms with E-state index >= 15 is 0 Å². The number of benzene rings is 2. The van der Waals surface area contributed by atoms with Crippen LogP contribution in [0.5, 0.6) is 0 Å². The molecule has 0 radical (unpaired) electrons. The minimum Gasteiger partial charge on any atom is -0.372 e. The molecule has 1 heterocycles. The van der Waals surface area contributed by atoms with Gasteiger partial charge in [-0.25, -0.2) is 8.42 Å². The molecule has 0 aromatic heterocycles. The number of rotatable bonds is 6. The lowest BCUT2D eigenvalue weighted by atomic mass is 9.95. The van der Waals surface area contributed by atoms with Gasteiger partial charge in [-0.2, -0.15) is 0 Å². The Balaban J connectivity index is 1.69. The van der Waals surface area contributed by atoms with Crippen LogP contribution >= 0.6 is 11.6 Å². The summed E-state index contributed by atoms with van der Waals surface area (Å²) < 4.78 is 31.1. The molecule has 8 nitrogen and oxygen atoms in total. The molecule has 0 spiro atoms. The van der Waals surface area contributed by atoms with Crippen LogP contribution in [-0.4, -0.2) is 46.7 Å². The minimum absolute atomic E-state index is 0.0438. The number of hydrogen-bond donors (Lipinski definition) is 2. The molecule has 0 aliphatic carbocycles. The number of sulfonamides is 1. The number of aryl methyl sites for hydroxylation is 1. The van der Waals surface area contributed by atoms with E-state index in [2.05, 4.69) is 10.6 Å². The van der Waals surface area contributed by atoms with E-state index in [0.29, 0.717) is 22.9 Å². The summed E-state index contributed by atoms with van der Waals surface area (Å²) >= 11 is 6.05. The maximum atomic E-state index is 12.4. The standard InChI is InChI=1S/C22H26ClN3O5S/c1-22(31-2,16-7-4-8-17(23)12-16)14-24-20(27)21(28)25-18-10-9-15-6-5-11-26(19(15)13-18)32(3,29)30/h4,7-10,12-13H,5-6,11,14H2,1-3H3,(H,24,27)(H,25,28). The number of amides is 2. The van der Waals surface area contributed by atoms with Crippen molar-refractivity contribution in [2.24, 2.45) is 0 Å². The number of nitrogens with zero attached hydrogens (tertiary/aromatic N) is 1. The summed E-state index contributed by atoms with van der Waals surface area (Å²) in [6, 6.07) is 12.1. The summed E-state index contributed by atoms with van der Waals surface area (Å²) in [5, 5.41) is 5.65. The molecule has 32 heavy (non-hydrogen) atoms. The number of methoxy groups -OCH3 is 1. The molecule has 0 bridgehead atoms. The molecule has 1 aliphatic rings. The zero-order valence-corrected chi connectivity index (χ0v) is 19.7. The van der Waals surface area contributed by atoms with E-state index in [4.69, 9.17) is 16.3 Å². The zero-order valence-electron chi connectivity index (χ0n) is 18.1. The van der Waals surface area contributed by atoms with Crippen molar-refractivity contribution >= 4 is 44.8 Å². The van der Waals surface area contributed by atoms with E-state index in [1.54, 1.807) is 43.3 Å². The normalized spacial score (nSPS) is 15.4. The fraction of sp³-hybridized carbons (Fsp3) is 0.364. The molecule has 1 unspecified atom stereocenters. The van der Waals surface area contributed by atoms with Gasteiger partial charge in [-0.05, 0) is 55.2 Å². The molecule has 2 aromatic carbocycles. The fourth-order valence-electron chi connectivity index (χ4n) is 3.59. The largest absolute Gasteiger partial charge is 0.372 e. The Morgan fingerprint density at radius 1 is 1.19 bits per heavy atom. The monoisotopic (exact) mass is 479 g/mol. The Labute approximate surface area is 192 Å². The summed E-state index contributed by atoms with van der Waals surface area (Å²) in [7, 11) is -1.93. The van der Waals surface area contributed by atoms with Gasteiger partial charge in [-0.3, -0.25) is 13.9 Å². The smallest absolute Gasteiger partial charge is 0.313 e. The Bertz CT molecular complexity index is 1140. The van der Waals surface area contributed by atoms with E-state index in [1.165, 1.54) is 11.4 Å². The second-order valence-electron chi connectivity index (χ2n) is 7.86. The molecule has 10 heteroatoms. The molecule has 2 N–H and O–H groups in total. The Morgan fingerprint density at radius 2 is 1.94 bits per heavy atom.